The predicted octanol–water partition coefficient (Wildman–Crippen LogP) is 1.68. The Kier molecular flexibility index (Phi) is 2.87. The minimum absolute atomic E-state index is 0.692. The monoisotopic (exact) mass is 193 g/mol. The summed E-state index contributed by atoms with van der Waals surface area (Å²) in [4.78, 5) is 0. The second kappa shape index (κ2) is 4.13. The van der Waals surface area contributed by atoms with Gasteiger partial charge < -0.3 is 5.32 Å². The Hall–Kier alpha value is -0.830. The summed E-state index contributed by atoms with van der Waals surface area (Å²) in [6.07, 6.45) is 7.32. The number of nitrogens with one attached hydrogen (secondary N) is 1. The molecule has 3 heteroatoms. The Labute approximate surface area is 85.5 Å². The highest BCUT2D eigenvalue weighted by molar-refractivity contribution is 5.16. The van der Waals surface area contributed by atoms with E-state index in [1.165, 1.54) is 30.5 Å². The van der Waals surface area contributed by atoms with Gasteiger partial charge in [-0.25, -0.2) is 0 Å². The molecule has 1 aliphatic rings. The topological polar surface area (TPSA) is 29.9 Å². The molecule has 3 nitrogen and oxygen atoms in total. The van der Waals surface area contributed by atoms with E-state index in [4.69, 9.17) is 0 Å². The summed E-state index contributed by atoms with van der Waals surface area (Å²) in [5.41, 5.74) is 2.60. The maximum absolute atomic E-state index is 4.57. The van der Waals surface area contributed by atoms with Crippen molar-refractivity contribution in [3.05, 3.63) is 17.5 Å². The molecule has 1 aromatic rings. The first kappa shape index (κ1) is 9.71. The number of rotatable bonds is 4. The first-order chi connectivity index (χ1) is 6.81. The van der Waals surface area contributed by atoms with Crippen LogP contribution < -0.4 is 5.32 Å². The zero-order valence-electron chi connectivity index (χ0n) is 9.08. The van der Waals surface area contributed by atoms with E-state index < -0.39 is 0 Å². The normalized spacial score (nSPS) is 17.0. The van der Waals surface area contributed by atoms with Gasteiger partial charge in [-0.05, 0) is 51.8 Å². The molecule has 0 aliphatic heterocycles. The molecular weight excluding hydrogens is 174 g/mol. The zero-order valence-corrected chi connectivity index (χ0v) is 9.08. The standard InChI is InChI=1S/C11H19N3/c1-9-10(6-7-12-2)8-14(13-9)11-4-3-5-11/h8,11-12H,3-7H2,1-2H3. The summed E-state index contributed by atoms with van der Waals surface area (Å²) >= 11 is 0. The van der Waals surface area contributed by atoms with E-state index in [0.717, 1.165) is 13.0 Å². The molecule has 14 heavy (non-hydrogen) atoms. The lowest BCUT2D eigenvalue weighted by molar-refractivity contribution is 0.288. The fourth-order valence-corrected chi connectivity index (χ4v) is 1.86. The van der Waals surface area contributed by atoms with Gasteiger partial charge >= 0.3 is 0 Å². The van der Waals surface area contributed by atoms with E-state index in [-0.39, 0.29) is 0 Å². The first-order valence-electron chi connectivity index (χ1n) is 5.50. The molecule has 0 saturated heterocycles. The van der Waals surface area contributed by atoms with Crippen LogP contribution >= 0.6 is 0 Å². The van der Waals surface area contributed by atoms with Gasteiger partial charge in [-0.1, -0.05) is 0 Å². The van der Waals surface area contributed by atoms with Crippen LogP contribution in [0.3, 0.4) is 0 Å². The molecule has 1 fully saturated rings. The summed E-state index contributed by atoms with van der Waals surface area (Å²) in [6, 6.07) is 0.692. The fourth-order valence-electron chi connectivity index (χ4n) is 1.86. The van der Waals surface area contributed by atoms with Crippen LogP contribution in [0, 0.1) is 6.92 Å². The van der Waals surface area contributed by atoms with Crippen molar-refractivity contribution in [3.63, 3.8) is 0 Å². The number of aromatic nitrogens is 2. The second-order valence-corrected chi connectivity index (χ2v) is 4.16. The second-order valence-electron chi connectivity index (χ2n) is 4.16. The van der Waals surface area contributed by atoms with Crippen LogP contribution in [0.15, 0.2) is 6.20 Å². The maximum atomic E-state index is 4.57. The summed E-state index contributed by atoms with van der Waals surface area (Å²) in [5, 5.41) is 7.75. The number of hydrogen-bond acceptors (Lipinski definition) is 2. The van der Waals surface area contributed by atoms with Gasteiger partial charge in [0.2, 0.25) is 0 Å². The van der Waals surface area contributed by atoms with Gasteiger partial charge in [0.25, 0.3) is 0 Å². The van der Waals surface area contributed by atoms with Crippen LogP contribution in [0.2, 0.25) is 0 Å². The van der Waals surface area contributed by atoms with Crippen molar-refractivity contribution in [2.24, 2.45) is 0 Å². The minimum Gasteiger partial charge on any atom is -0.319 e. The summed E-state index contributed by atoms with van der Waals surface area (Å²) in [6.45, 7) is 3.15. The quantitative estimate of drug-likeness (QED) is 0.788. The Morgan fingerprint density at radius 2 is 2.36 bits per heavy atom. The van der Waals surface area contributed by atoms with E-state index in [9.17, 15) is 0 Å². The maximum Gasteiger partial charge on any atom is 0.0626 e. The number of aryl methyl sites for hydroxylation is 1. The number of hydrogen-bond donors (Lipinski definition) is 1. The van der Waals surface area contributed by atoms with Gasteiger partial charge in [0, 0.05) is 6.20 Å². The molecule has 0 atom stereocenters. The van der Waals surface area contributed by atoms with Crippen LogP contribution in [-0.2, 0) is 6.42 Å². The van der Waals surface area contributed by atoms with Crippen molar-refractivity contribution in [1.82, 2.24) is 15.1 Å². The number of nitrogens with zero attached hydrogens (tertiary/aromatic N) is 2. The molecule has 1 saturated carbocycles. The van der Waals surface area contributed by atoms with Crippen LogP contribution in [0.5, 0.6) is 0 Å². The third-order valence-corrected chi connectivity index (χ3v) is 3.11. The fraction of sp³-hybridized carbons (Fsp3) is 0.727. The van der Waals surface area contributed by atoms with Crippen LogP contribution in [0.4, 0.5) is 0 Å². The highest BCUT2D eigenvalue weighted by Crippen LogP contribution is 2.31. The van der Waals surface area contributed by atoms with Gasteiger partial charge in [0.05, 0.1) is 11.7 Å². The van der Waals surface area contributed by atoms with Gasteiger partial charge in [-0.2, -0.15) is 5.10 Å². The average Bonchev–Trinajstić information content (AvgIpc) is 2.40. The molecule has 1 heterocycles. The highest BCUT2D eigenvalue weighted by Gasteiger charge is 2.20. The van der Waals surface area contributed by atoms with E-state index in [1.807, 2.05) is 7.05 Å². The zero-order chi connectivity index (χ0) is 9.97. The predicted molar refractivity (Wildman–Crippen MR) is 57.5 cm³/mol. The SMILES string of the molecule is CNCCc1cn(C2CCC2)nc1C. The minimum atomic E-state index is 0.692. The first-order valence-corrected chi connectivity index (χ1v) is 5.50. The Bertz CT molecular complexity index is 299. The van der Waals surface area contributed by atoms with Crippen molar-refractivity contribution in [3.8, 4) is 0 Å². The molecule has 0 aromatic carbocycles. The molecule has 1 aromatic heterocycles. The molecule has 0 spiro atoms. The smallest absolute Gasteiger partial charge is 0.0626 e. The van der Waals surface area contributed by atoms with Crippen molar-refractivity contribution < 1.29 is 0 Å². The molecule has 0 bridgehead atoms. The Morgan fingerprint density at radius 3 is 2.93 bits per heavy atom. The molecule has 2 rings (SSSR count). The van der Waals surface area contributed by atoms with E-state index in [1.54, 1.807) is 0 Å². The number of likely N-dealkylation sites (N-methyl/N-ethyl adjacent to an activating group) is 1. The molecule has 78 valence electrons. The molecule has 0 amide bonds. The Morgan fingerprint density at radius 1 is 1.57 bits per heavy atom. The molecular formula is C11H19N3. The summed E-state index contributed by atoms with van der Waals surface area (Å²) in [5.74, 6) is 0. The van der Waals surface area contributed by atoms with Crippen molar-refractivity contribution in [1.29, 1.82) is 0 Å². The molecule has 1 aliphatic carbocycles. The van der Waals surface area contributed by atoms with E-state index in [2.05, 4.69) is 28.2 Å². The average molecular weight is 193 g/mol. The van der Waals surface area contributed by atoms with Gasteiger partial charge in [-0.3, -0.25) is 4.68 Å². The summed E-state index contributed by atoms with van der Waals surface area (Å²) in [7, 11) is 1.99. The molecule has 0 unspecified atom stereocenters. The lowest BCUT2D eigenvalue weighted by atomic mass is 9.93. The van der Waals surface area contributed by atoms with Crippen molar-refractivity contribution in [2.75, 3.05) is 13.6 Å². The largest absolute Gasteiger partial charge is 0.319 e. The van der Waals surface area contributed by atoms with Crippen LogP contribution in [-0.4, -0.2) is 23.4 Å². The Balaban J connectivity index is 2.04. The van der Waals surface area contributed by atoms with Crippen LogP contribution in [0.25, 0.3) is 0 Å². The highest BCUT2D eigenvalue weighted by atomic mass is 15.3. The van der Waals surface area contributed by atoms with E-state index in [0.29, 0.717) is 6.04 Å². The third kappa shape index (κ3) is 1.82. The third-order valence-electron chi connectivity index (χ3n) is 3.11. The lowest BCUT2D eigenvalue weighted by Gasteiger charge is -2.25. The van der Waals surface area contributed by atoms with Crippen LogP contribution in [0.1, 0.15) is 36.6 Å². The summed E-state index contributed by atoms with van der Waals surface area (Å²) < 4.78 is 2.17. The van der Waals surface area contributed by atoms with Crippen molar-refractivity contribution >= 4 is 0 Å². The van der Waals surface area contributed by atoms with Gasteiger partial charge in [0.1, 0.15) is 0 Å². The van der Waals surface area contributed by atoms with Gasteiger partial charge in [-0.15, -0.1) is 0 Å². The van der Waals surface area contributed by atoms with Crippen molar-refractivity contribution in [2.45, 2.75) is 38.6 Å². The van der Waals surface area contributed by atoms with E-state index >= 15 is 0 Å². The molecule has 1 N–H and O–H groups in total. The lowest BCUT2D eigenvalue weighted by Crippen LogP contribution is -2.17. The molecule has 0 radical (unpaired) electrons. The van der Waals surface area contributed by atoms with Gasteiger partial charge in [0.15, 0.2) is 0 Å².